The first kappa shape index (κ1) is 25.2. The Balaban J connectivity index is 2.23. The summed E-state index contributed by atoms with van der Waals surface area (Å²) in [4.78, 5) is 38.2. The lowest BCUT2D eigenvalue weighted by Gasteiger charge is -2.30. The van der Waals surface area contributed by atoms with Crippen molar-refractivity contribution in [2.75, 3.05) is 14.2 Å². The SMILES string of the molecule is CO[C@@H](C(=O)O[C@H](C(C)=O)[C@@H](OC(=O)[C@H](OC)c1ccccc1)C(C)C)c1ccccc1. The van der Waals surface area contributed by atoms with E-state index in [0.717, 1.165) is 0 Å². The van der Waals surface area contributed by atoms with E-state index >= 15 is 0 Å². The number of benzene rings is 2. The van der Waals surface area contributed by atoms with Crippen LogP contribution in [0.2, 0.25) is 0 Å². The molecule has 7 heteroatoms. The van der Waals surface area contributed by atoms with Crippen LogP contribution in [0.5, 0.6) is 0 Å². The van der Waals surface area contributed by atoms with Crippen LogP contribution in [-0.4, -0.2) is 44.1 Å². The Kier molecular flexibility index (Phi) is 9.56. The molecule has 0 aromatic heterocycles. The van der Waals surface area contributed by atoms with Gasteiger partial charge in [0.05, 0.1) is 0 Å². The van der Waals surface area contributed by atoms with Crippen molar-refractivity contribution in [3.05, 3.63) is 71.8 Å². The predicted molar refractivity (Wildman–Crippen MR) is 118 cm³/mol. The number of esters is 2. The maximum absolute atomic E-state index is 12.9. The molecule has 2 aromatic carbocycles. The van der Waals surface area contributed by atoms with E-state index in [1.807, 2.05) is 12.1 Å². The van der Waals surface area contributed by atoms with E-state index in [-0.39, 0.29) is 5.92 Å². The normalized spacial score (nSPS) is 14.8. The summed E-state index contributed by atoms with van der Waals surface area (Å²) in [6.45, 7) is 4.84. The van der Waals surface area contributed by atoms with E-state index < -0.39 is 42.1 Å². The molecule has 0 fully saturated rings. The molecule has 2 aromatic rings. The standard InChI is InChI=1S/C25H30O7/c1-16(2)20(31-24(27)22(29-4)18-12-8-6-9-13-18)21(17(3)26)32-25(28)23(30-5)19-14-10-7-11-15-19/h6-16,20-23H,1-5H3/t20-,21+,22+,23+/m0/s1. The molecule has 32 heavy (non-hydrogen) atoms. The van der Waals surface area contributed by atoms with Gasteiger partial charge in [-0.05, 0) is 24.0 Å². The second kappa shape index (κ2) is 12.1. The molecule has 0 saturated heterocycles. The minimum atomic E-state index is -1.29. The van der Waals surface area contributed by atoms with Gasteiger partial charge in [-0.2, -0.15) is 0 Å². The summed E-state index contributed by atoms with van der Waals surface area (Å²) in [6.07, 6.45) is -4.28. The Hall–Kier alpha value is -3.03. The van der Waals surface area contributed by atoms with E-state index in [1.54, 1.807) is 62.4 Å². The van der Waals surface area contributed by atoms with Crippen molar-refractivity contribution in [1.29, 1.82) is 0 Å². The van der Waals surface area contributed by atoms with E-state index in [9.17, 15) is 14.4 Å². The van der Waals surface area contributed by atoms with Crippen molar-refractivity contribution in [3.8, 4) is 0 Å². The zero-order valence-electron chi connectivity index (χ0n) is 19.0. The number of ether oxygens (including phenoxy) is 4. The van der Waals surface area contributed by atoms with Gasteiger partial charge in [0.25, 0.3) is 0 Å². The van der Waals surface area contributed by atoms with Gasteiger partial charge in [0.1, 0.15) is 6.10 Å². The molecule has 0 amide bonds. The third-order valence-corrected chi connectivity index (χ3v) is 4.96. The fourth-order valence-corrected chi connectivity index (χ4v) is 3.30. The molecule has 0 saturated carbocycles. The van der Waals surface area contributed by atoms with Gasteiger partial charge in [0, 0.05) is 14.2 Å². The average Bonchev–Trinajstić information content (AvgIpc) is 2.78. The summed E-state index contributed by atoms with van der Waals surface area (Å²) >= 11 is 0. The minimum absolute atomic E-state index is 0.313. The van der Waals surface area contributed by atoms with Gasteiger partial charge in [-0.1, -0.05) is 74.5 Å². The molecule has 0 spiro atoms. The predicted octanol–water partition coefficient (Wildman–Crippen LogP) is 3.83. The van der Waals surface area contributed by atoms with Crippen molar-refractivity contribution >= 4 is 17.7 Å². The largest absolute Gasteiger partial charge is 0.455 e. The molecular formula is C25H30O7. The van der Waals surface area contributed by atoms with Gasteiger partial charge in [0.15, 0.2) is 24.1 Å². The van der Waals surface area contributed by atoms with E-state index in [2.05, 4.69) is 0 Å². The molecule has 0 heterocycles. The highest BCUT2D eigenvalue weighted by atomic mass is 16.6. The van der Waals surface area contributed by atoms with E-state index in [1.165, 1.54) is 21.1 Å². The molecule has 0 aliphatic heterocycles. The molecule has 0 aliphatic carbocycles. The van der Waals surface area contributed by atoms with Crippen LogP contribution in [-0.2, 0) is 33.3 Å². The molecule has 0 N–H and O–H groups in total. The number of hydrogen-bond acceptors (Lipinski definition) is 7. The van der Waals surface area contributed by atoms with Gasteiger partial charge in [-0.3, -0.25) is 4.79 Å². The lowest BCUT2D eigenvalue weighted by molar-refractivity contribution is -0.185. The number of ketones is 1. The molecule has 0 unspecified atom stereocenters. The average molecular weight is 443 g/mol. The number of carbonyl (C=O) groups excluding carboxylic acids is 3. The highest BCUT2D eigenvalue weighted by molar-refractivity contribution is 5.86. The van der Waals surface area contributed by atoms with E-state index in [0.29, 0.717) is 11.1 Å². The van der Waals surface area contributed by atoms with Crippen LogP contribution in [0, 0.1) is 5.92 Å². The van der Waals surface area contributed by atoms with Gasteiger partial charge >= 0.3 is 11.9 Å². The smallest absolute Gasteiger partial charge is 0.340 e. The molecule has 0 aliphatic rings. The zero-order valence-corrected chi connectivity index (χ0v) is 19.0. The fraction of sp³-hybridized carbons (Fsp3) is 0.400. The van der Waals surface area contributed by atoms with Crippen LogP contribution in [0.25, 0.3) is 0 Å². The van der Waals surface area contributed by atoms with Gasteiger partial charge in [0.2, 0.25) is 0 Å². The first-order chi connectivity index (χ1) is 15.3. The maximum atomic E-state index is 12.9. The van der Waals surface area contributed by atoms with Crippen molar-refractivity contribution in [3.63, 3.8) is 0 Å². The van der Waals surface area contributed by atoms with Gasteiger partial charge < -0.3 is 18.9 Å². The minimum Gasteiger partial charge on any atom is -0.455 e. The molecular weight excluding hydrogens is 412 g/mol. The summed E-state index contributed by atoms with van der Waals surface area (Å²) in [5, 5.41) is 0. The van der Waals surface area contributed by atoms with Gasteiger partial charge in [-0.25, -0.2) is 9.59 Å². The second-order valence-electron chi connectivity index (χ2n) is 7.67. The highest BCUT2D eigenvalue weighted by Gasteiger charge is 2.38. The van der Waals surface area contributed by atoms with E-state index in [4.69, 9.17) is 18.9 Å². The molecule has 172 valence electrons. The van der Waals surface area contributed by atoms with Gasteiger partial charge in [-0.15, -0.1) is 0 Å². The Bertz CT molecular complexity index is 880. The lowest BCUT2D eigenvalue weighted by atomic mass is 9.98. The topological polar surface area (TPSA) is 88.1 Å². The van der Waals surface area contributed by atoms with Crippen molar-refractivity contribution < 1.29 is 33.3 Å². The van der Waals surface area contributed by atoms with Crippen LogP contribution in [0.1, 0.15) is 44.1 Å². The summed E-state index contributed by atoms with van der Waals surface area (Å²) in [6, 6.07) is 17.7. The third-order valence-electron chi connectivity index (χ3n) is 4.96. The number of carbonyl (C=O) groups is 3. The number of rotatable bonds is 11. The van der Waals surface area contributed by atoms with Crippen molar-refractivity contribution in [2.24, 2.45) is 5.92 Å². The molecule has 0 bridgehead atoms. The zero-order chi connectivity index (χ0) is 23.7. The highest BCUT2D eigenvalue weighted by Crippen LogP contribution is 2.25. The van der Waals surface area contributed by atoms with Crippen molar-refractivity contribution in [2.45, 2.75) is 45.2 Å². The van der Waals surface area contributed by atoms with Crippen LogP contribution in [0.3, 0.4) is 0 Å². The van der Waals surface area contributed by atoms with Crippen LogP contribution >= 0.6 is 0 Å². The lowest BCUT2D eigenvalue weighted by Crippen LogP contribution is -2.44. The second-order valence-corrected chi connectivity index (χ2v) is 7.67. The quantitative estimate of drug-likeness (QED) is 0.489. The molecule has 0 radical (unpaired) electrons. The molecule has 4 atom stereocenters. The molecule has 2 rings (SSSR count). The monoisotopic (exact) mass is 442 g/mol. The number of hydrogen-bond donors (Lipinski definition) is 0. The maximum Gasteiger partial charge on any atom is 0.340 e. The van der Waals surface area contributed by atoms with Crippen LogP contribution in [0.15, 0.2) is 60.7 Å². The first-order valence-electron chi connectivity index (χ1n) is 10.4. The Labute approximate surface area is 188 Å². The Morgan fingerprint density at radius 2 is 1.09 bits per heavy atom. The summed E-state index contributed by atoms with van der Waals surface area (Å²) in [5.41, 5.74) is 1.20. The fourth-order valence-electron chi connectivity index (χ4n) is 3.30. The van der Waals surface area contributed by atoms with Crippen molar-refractivity contribution in [1.82, 2.24) is 0 Å². The summed E-state index contributed by atoms with van der Waals surface area (Å²) in [7, 11) is 2.78. The molecule has 7 nitrogen and oxygen atoms in total. The third kappa shape index (κ3) is 6.48. The van der Waals surface area contributed by atoms with Crippen LogP contribution < -0.4 is 0 Å². The van der Waals surface area contributed by atoms with Crippen LogP contribution in [0.4, 0.5) is 0 Å². The first-order valence-corrected chi connectivity index (χ1v) is 10.4. The Morgan fingerprint density at radius 3 is 1.44 bits per heavy atom. The number of methoxy groups -OCH3 is 2. The summed E-state index contributed by atoms with van der Waals surface area (Å²) < 4.78 is 21.8. The summed E-state index contributed by atoms with van der Waals surface area (Å²) in [5.74, 6) is -2.17. The number of Topliss-reactive ketones (excluding diaryl/α,β-unsaturated/α-hetero) is 1. The Morgan fingerprint density at radius 1 is 0.688 bits per heavy atom.